The second-order valence-corrected chi connectivity index (χ2v) is 2.24. The molecule has 5 heteroatoms. The van der Waals surface area contributed by atoms with E-state index < -0.39 is 11.9 Å². The number of thioether (sulfide) groups is 1. The van der Waals surface area contributed by atoms with Crippen LogP contribution in [0.1, 0.15) is 0 Å². The molecule has 0 aliphatic heterocycles. The fourth-order valence-corrected chi connectivity index (χ4v) is 0.625. The minimum atomic E-state index is -4.17. The molecule has 9 heavy (non-hydrogen) atoms. The van der Waals surface area contributed by atoms with Crippen molar-refractivity contribution in [3.8, 4) is 0 Å². The van der Waals surface area contributed by atoms with E-state index in [0.717, 1.165) is 0 Å². The lowest BCUT2D eigenvalue weighted by atomic mass is 10.8. The molecule has 0 aliphatic rings. The van der Waals surface area contributed by atoms with E-state index in [0.29, 0.717) is 11.8 Å². The quantitative estimate of drug-likeness (QED) is 0.576. The number of hydrogen-bond donors (Lipinski definition) is 0. The highest BCUT2D eigenvalue weighted by atomic mass is 32.2. The molecule has 1 nitrogen and oxygen atoms in total. The van der Waals surface area contributed by atoms with Crippen LogP contribution >= 0.6 is 11.8 Å². The van der Waals surface area contributed by atoms with Crippen LogP contribution in [0.2, 0.25) is 0 Å². The normalized spacial score (nSPS) is 11.4. The van der Waals surface area contributed by atoms with Gasteiger partial charge in [0.1, 0.15) is 0 Å². The van der Waals surface area contributed by atoms with Gasteiger partial charge >= 0.3 is 6.18 Å². The van der Waals surface area contributed by atoms with Crippen molar-refractivity contribution in [3.63, 3.8) is 0 Å². The maximum atomic E-state index is 11.2. The van der Waals surface area contributed by atoms with Gasteiger partial charge in [-0.3, -0.25) is 4.79 Å². The van der Waals surface area contributed by atoms with E-state index in [1.54, 1.807) is 0 Å². The van der Waals surface area contributed by atoms with Crippen molar-refractivity contribution in [3.05, 3.63) is 0 Å². The van der Waals surface area contributed by atoms with Crippen molar-refractivity contribution < 1.29 is 18.0 Å². The highest BCUT2D eigenvalue weighted by molar-refractivity contribution is 7.99. The van der Waals surface area contributed by atoms with Gasteiger partial charge in [0.25, 0.3) is 0 Å². The zero-order chi connectivity index (χ0) is 7.33. The number of rotatable bonds is 3. The first kappa shape index (κ1) is 8.81. The first-order chi connectivity index (χ1) is 4.06. The third-order valence-corrected chi connectivity index (χ3v) is 1.28. The van der Waals surface area contributed by atoms with E-state index in [1.165, 1.54) is 6.29 Å². The molecule has 0 spiro atoms. The van der Waals surface area contributed by atoms with Crippen LogP contribution < -0.4 is 0 Å². The van der Waals surface area contributed by atoms with Crippen LogP contribution in [0.25, 0.3) is 0 Å². The number of halogens is 3. The largest absolute Gasteiger partial charge is 0.397 e. The fraction of sp³-hybridized carbons (Fsp3) is 0.750. The Morgan fingerprint density at radius 3 is 2.33 bits per heavy atom. The number of hydrogen-bond acceptors (Lipinski definition) is 2. The van der Waals surface area contributed by atoms with Gasteiger partial charge in [-0.1, -0.05) is 0 Å². The SMILES string of the molecule is O=[C]CSCC(F)(F)F. The molecule has 0 saturated heterocycles. The predicted molar refractivity (Wildman–Crippen MR) is 29.1 cm³/mol. The molecule has 53 valence electrons. The van der Waals surface area contributed by atoms with E-state index >= 15 is 0 Å². The molecule has 0 aliphatic carbocycles. The second kappa shape index (κ2) is 3.76. The van der Waals surface area contributed by atoms with E-state index in [4.69, 9.17) is 0 Å². The van der Waals surface area contributed by atoms with Crippen LogP contribution in [0.15, 0.2) is 0 Å². The van der Waals surface area contributed by atoms with Gasteiger partial charge in [0.05, 0.1) is 11.5 Å². The Bertz CT molecular complexity index is 90.3. The summed E-state index contributed by atoms with van der Waals surface area (Å²) in [5.74, 6) is -1.18. The second-order valence-electron chi connectivity index (χ2n) is 1.25. The lowest BCUT2D eigenvalue weighted by Gasteiger charge is -2.01. The van der Waals surface area contributed by atoms with Crippen molar-refractivity contribution in [2.45, 2.75) is 6.18 Å². The maximum absolute atomic E-state index is 11.2. The van der Waals surface area contributed by atoms with Crippen LogP contribution in [-0.4, -0.2) is 24.0 Å². The molecule has 0 amide bonds. The summed E-state index contributed by atoms with van der Waals surface area (Å²) in [6, 6.07) is 0. The minimum Gasteiger partial charge on any atom is -0.290 e. The summed E-state index contributed by atoms with van der Waals surface area (Å²) in [6.07, 6.45) is -2.81. The summed E-state index contributed by atoms with van der Waals surface area (Å²) >= 11 is 0.512. The molecule has 0 aromatic carbocycles. The Hall–Kier alpha value is -0.190. The van der Waals surface area contributed by atoms with Gasteiger partial charge < -0.3 is 0 Å². The molecule has 0 fully saturated rings. The smallest absolute Gasteiger partial charge is 0.290 e. The summed E-state index contributed by atoms with van der Waals surface area (Å²) in [5.41, 5.74) is 0. The number of carbonyl (C=O) groups excluding carboxylic acids is 1. The van der Waals surface area contributed by atoms with Gasteiger partial charge in [0, 0.05) is 0 Å². The topological polar surface area (TPSA) is 17.1 Å². The van der Waals surface area contributed by atoms with Gasteiger partial charge in [-0.2, -0.15) is 13.2 Å². The zero-order valence-electron chi connectivity index (χ0n) is 4.36. The summed E-state index contributed by atoms with van der Waals surface area (Å²) in [7, 11) is 0. The van der Waals surface area contributed by atoms with Crippen molar-refractivity contribution in [2.24, 2.45) is 0 Å². The van der Waals surface area contributed by atoms with Crippen molar-refractivity contribution in [1.82, 2.24) is 0 Å². The fourth-order valence-electron chi connectivity index (χ4n) is 0.208. The molecule has 1 radical (unpaired) electrons. The highest BCUT2D eigenvalue weighted by Gasteiger charge is 2.26. The molecule has 0 heterocycles. The standard InChI is InChI=1S/C4H4F3OS/c5-4(6,7)3-9-2-1-8/h2-3H2. The van der Waals surface area contributed by atoms with Gasteiger partial charge in [-0.15, -0.1) is 11.8 Å². The van der Waals surface area contributed by atoms with Gasteiger partial charge in [-0.05, 0) is 0 Å². The Kier molecular flexibility index (Phi) is 3.68. The summed E-state index contributed by atoms with van der Waals surface area (Å²) in [6.45, 7) is 0. The molecular formula is C4H4F3OS. The van der Waals surface area contributed by atoms with Crippen molar-refractivity contribution in [2.75, 3.05) is 11.5 Å². The third-order valence-electron chi connectivity index (χ3n) is 0.427. The van der Waals surface area contributed by atoms with E-state index in [2.05, 4.69) is 0 Å². The van der Waals surface area contributed by atoms with Crippen molar-refractivity contribution in [1.29, 1.82) is 0 Å². The maximum Gasteiger partial charge on any atom is 0.397 e. The number of alkyl halides is 3. The Balaban J connectivity index is 3.17. The van der Waals surface area contributed by atoms with Crippen LogP contribution in [0.4, 0.5) is 13.2 Å². The van der Waals surface area contributed by atoms with Gasteiger partial charge in [0.15, 0.2) is 0 Å². The lowest BCUT2D eigenvalue weighted by Crippen LogP contribution is -2.11. The molecule has 0 aromatic rings. The van der Waals surface area contributed by atoms with E-state index in [9.17, 15) is 18.0 Å². The molecule has 0 rings (SSSR count). The van der Waals surface area contributed by atoms with Crippen LogP contribution in [0, 0.1) is 0 Å². The first-order valence-electron chi connectivity index (χ1n) is 2.06. The Morgan fingerprint density at radius 2 is 2.00 bits per heavy atom. The molecule has 0 N–H and O–H groups in total. The summed E-state index contributed by atoms with van der Waals surface area (Å²) < 4.78 is 33.7. The highest BCUT2D eigenvalue weighted by Crippen LogP contribution is 2.20. The van der Waals surface area contributed by atoms with Gasteiger partial charge in [0.2, 0.25) is 6.29 Å². The lowest BCUT2D eigenvalue weighted by molar-refractivity contribution is -0.105. The molecule has 0 aromatic heterocycles. The first-order valence-corrected chi connectivity index (χ1v) is 3.21. The molecule has 0 saturated carbocycles. The van der Waals surface area contributed by atoms with E-state index in [1.807, 2.05) is 0 Å². The third kappa shape index (κ3) is 7.81. The minimum absolute atomic E-state index is 0.209. The summed E-state index contributed by atoms with van der Waals surface area (Å²) in [4.78, 5) is 9.38. The monoisotopic (exact) mass is 157 g/mol. The van der Waals surface area contributed by atoms with Crippen LogP contribution in [0.5, 0.6) is 0 Å². The average Bonchev–Trinajstić information content (AvgIpc) is 1.63. The van der Waals surface area contributed by atoms with Crippen LogP contribution in [0.3, 0.4) is 0 Å². The zero-order valence-corrected chi connectivity index (χ0v) is 5.18. The Morgan fingerprint density at radius 1 is 1.44 bits per heavy atom. The summed E-state index contributed by atoms with van der Waals surface area (Å²) in [5, 5.41) is 0. The molecule has 0 bridgehead atoms. The predicted octanol–water partition coefficient (Wildman–Crippen LogP) is 1.39. The molecule has 0 atom stereocenters. The van der Waals surface area contributed by atoms with Crippen LogP contribution in [-0.2, 0) is 4.79 Å². The Labute approximate surface area is 54.6 Å². The van der Waals surface area contributed by atoms with Gasteiger partial charge in [-0.25, -0.2) is 0 Å². The van der Waals surface area contributed by atoms with E-state index in [-0.39, 0.29) is 5.75 Å². The molecular weight excluding hydrogens is 153 g/mol. The molecule has 0 unspecified atom stereocenters. The average molecular weight is 157 g/mol. The van der Waals surface area contributed by atoms with Crippen molar-refractivity contribution >= 4 is 18.0 Å².